The SMILES string of the molecule is CCC(CCc1ccc(Br)s1)NC. The van der Waals surface area contributed by atoms with Gasteiger partial charge in [-0.3, -0.25) is 0 Å². The van der Waals surface area contributed by atoms with Crippen LogP contribution in [0.4, 0.5) is 0 Å². The second-order valence-electron chi connectivity index (χ2n) is 3.14. The summed E-state index contributed by atoms with van der Waals surface area (Å²) in [7, 11) is 2.04. The highest BCUT2D eigenvalue weighted by molar-refractivity contribution is 9.11. The van der Waals surface area contributed by atoms with Gasteiger partial charge in [-0.25, -0.2) is 0 Å². The van der Waals surface area contributed by atoms with Crippen molar-refractivity contribution in [2.24, 2.45) is 0 Å². The first kappa shape index (κ1) is 11.2. The van der Waals surface area contributed by atoms with E-state index in [2.05, 4.69) is 40.3 Å². The zero-order chi connectivity index (χ0) is 9.68. The number of aryl methyl sites for hydroxylation is 1. The van der Waals surface area contributed by atoms with Gasteiger partial charge in [0.15, 0.2) is 0 Å². The van der Waals surface area contributed by atoms with Gasteiger partial charge < -0.3 is 5.32 Å². The first-order valence-electron chi connectivity index (χ1n) is 4.67. The van der Waals surface area contributed by atoms with Crippen LogP contribution in [0.3, 0.4) is 0 Å². The van der Waals surface area contributed by atoms with E-state index < -0.39 is 0 Å². The standard InChI is InChI=1S/C10H16BrNS/c1-3-8(12-2)4-5-9-6-7-10(11)13-9/h6-8,12H,3-5H2,1-2H3. The average molecular weight is 262 g/mol. The molecular weight excluding hydrogens is 246 g/mol. The number of halogens is 1. The van der Waals surface area contributed by atoms with Gasteiger partial charge in [-0.2, -0.15) is 0 Å². The second-order valence-corrected chi connectivity index (χ2v) is 5.69. The maximum Gasteiger partial charge on any atom is 0.0701 e. The molecule has 0 aliphatic carbocycles. The van der Waals surface area contributed by atoms with Crippen LogP contribution in [0.1, 0.15) is 24.6 Å². The third-order valence-corrected chi connectivity index (χ3v) is 3.95. The molecule has 0 aromatic carbocycles. The van der Waals surface area contributed by atoms with Crippen LogP contribution in [-0.2, 0) is 6.42 Å². The minimum atomic E-state index is 0.667. The van der Waals surface area contributed by atoms with Crippen LogP contribution in [0.25, 0.3) is 0 Å². The summed E-state index contributed by atoms with van der Waals surface area (Å²) in [6, 6.07) is 5.00. The van der Waals surface area contributed by atoms with Gasteiger partial charge in [0.25, 0.3) is 0 Å². The molecule has 0 saturated carbocycles. The molecule has 1 nitrogen and oxygen atoms in total. The van der Waals surface area contributed by atoms with E-state index in [1.165, 1.54) is 27.9 Å². The van der Waals surface area contributed by atoms with Gasteiger partial charge in [-0.05, 0) is 54.4 Å². The summed E-state index contributed by atoms with van der Waals surface area (Å²) in [6.07, 6.45) is 3.64. The molecule has 0 fully saturated rings. The molecule has 0 saturated heterocycles. The Morgan fingerprint density at radius 1 is 1.54 bits per heavy atom. The van der Waals surface area contributed by atoms with Crippen molar-refractivity contribution in [3.63, 3.8) is 0 Å². The normalized spacial score (nSPS) is 13.2. The lowest BCUT2D eigenvalue weighted by Gasteiger charge is -2.12. The summed E-state index contributed by atoms with van der Waals surface area (Å²) in [4.78, 5) is 1.47. The van der Waals surface area contributed by atoms with Gasteiger partial charge >= 0.3 is 0 Å². The number of nitrogens with one attached hydrogen (secondary N) is 1. The van der Waals surface area contributed by atoms with Crippen molar-refractivity contribution in [3.8, 4) is 0 Å². The van der Waals surface area contributed by atoms with Crippen molar-refractivity contribution < 1.29 is 0 Å². The Morgan fingerprint density at radius 3 is 2.77 bits per heavy atom. The van der Waals surface area contributed by atoms with E-state index in [0.29, 0.717) is 6.04 Å². The van der Waals surface area contributed by atoms with Gasteiger partial charge in [0.2, 0.25) is 0 Å². The smallest absolute Gasteiger partial charge is 0.0701 e. The predicted molar refractivity (Wildman–Crippen MR) is 63.5 cm³/mol. The van der Waals surface area contributed by atoms with Crippen molar-refractivity contribution in [2.75, 3.05) is 7.05 Å². The number of thiophene rings is 1. The number of rotatable bonds is 5. The number of hydrogen-bond acceptors (Lipinski definition) is 2. The van der Waals surface area contributed by atoms with E-state index in [1.807, 2.05) is 18.4 Å². The van der Waals surface area contributed by atoms with Crippen molar-refractivity contribution in [1.82, 2.24) is 5.32 Å². The summed E-state index contributed by atoms with van der Waals surface area (Å²) in [5.41, 5.74) is 0. The Bertz CT molecular complexity index is 243. The minimum absolute atomic E-state index is 0.667. The molecule has 0 bridgehead atoms. The molecular formula is C10H16BrNS. The van der Waals surface area contributed by atoms with Crippen LogP contribution in [0.15, 0.2) is 15.9 Å². The molecule has 13 heavy (non-hydrogen) atoms. The Hall–Kier alpha value is 0.140. The summed E-state index contributed by atoms with van der Waals surface area (Å²) in [5, 5.41) is 3.32. The van der Waals surface area contributed by atoms with Gasteiger partial charge in [0.05, 0.1) is 3.79 Å². The summed E-state index contributed by atoms with van der Waals surface area (Å²) >= 11 is 5.32. The average Bonchev–Trinajstić information content (AvgIpc) is 2.53. The lowest BCUT2D eigenvalue weighted by molar-refractivity contribution is 0.510. The fraction of sp³-hybridized carbons (Fsp3) is 0.600. The molecule has 1 aromatic rings. The van der Waals surface area contributed by atoms with Crippen molar-refractivity contribution in [3.05, 3.63) is 20.8 Å². The van der Waals surface area contributed by atoms with Crippen LogP contribution in [0.5, 0.6) is 0 Å². The van der Waals surface area contributed by atoms with E-state index in [9.17, 15) is 0 Å². The van der Waals surface area contributed by atoms with Gasteiger partial charge in [-0.15, -0.1) is 11.3 Å². The van der Waals surface area contributed by atoms with Gasteiger partial charge in [0.1, 0.15) is 0 Å². The Balaban J connectivity index is 2.33. The van der Waals surface area contributed by atoms with E-state index in [-0.39, 0.29) is 0 Å². The van der Waals surface area contributed by atoms with Crippen LogP contribution >= 0.6 is 27.3 Å². The molecule has 1 heterocycles. The fourth-order valence-electron chi connectivity index (χ4n) is 1.36. The van der Waals surface area contributed by atoms with Gasteiger partial charge in [-0.1, -0.05) is 6.92 Å². The molecule has 0 spiro atoms. The van der Waals surface area contributed by atoms with Crippen molar-refractivity contribution in [1.29, 1.82) is 0 Å². The summed E-state index contributed by atoms with van der Waals surface area (Å²) < 4.78 is 1.24. The molecule has 1 unspecified atom stereocenters. The third-order valence-electron chi connectivity index (χ3n) is 2.27. The first-order chi connectivity index (χ1) is 6.26. The maximum absolute atomic E-state index is 3.48. The summed E-state index contributed by atoms with van der Waals surface area (Å²) in [5.74, 6) is 0. The van der Waals surface area contributed by atoms with E-state index in [4.69, 9.17) is 0 Å². The van der Waals surface area contributed by atoms with Crippen molar-refractivity contribution >= 4 is 27.3 Å². The van der Waals surface area contributed by atoms with E-state index in [0.717, 1.165) is 0 Å². The number of hydrogen-bond donors (Lipinski definition) is 1. The van der Waals surface area contributed by atoms with E-state index >= 15 is 0 Å². The lowest BCUT2D eigenvalue weighted by Crippen LogP contribution is -2.24. The molecule has 1 N–H and O–H groups in total. The van der Waals surface area contributed by atoms with Crippen molar-refractivity contribution in [2.45, 2.75) is 32.2 Å². The molecule has 1 atom stereocenters. The Morgan fingerprint density at radius 2 is 2.31 bits per heavy atom. The highest BCUT2D eigenvalue weighted by Crippen LogP contribution is 2.23. The fourth-order valence-corrected chi connectivity index (χ4v) is 2.85. The quantitative estimate of drug-likeness (QED) is 0.857. The highest BCUT2D eigenvalue weighted by atomic mass is 79.9. The molecule has 0 radical (unpaired) electrons. The van der Waals surface area contributed by atoms with Crippen LogP contribution in [0, 0.1) is 0 Å². The zero-order valence-electron chi connectivity index (χ0n) is 8.14. The molecule has 74 valence electrons. The third kappa shape index (κ3) is 3.79. The minimum Gasteiger partial charge on any atom is -0.317 e. The molecule has 0 aliphatic rings. The van der Waals surface area contributed by atoms with Crippen LogP contribution in [-0.4, -0.2) is 13.1 Å². The molecule has 0 amide bonds. The van der Waals surface area contributed by atoms with Crippen LogP contribution < -0.4 is 5.32 Å². The summed E-state index contributed by atoms with van der Waals surface area (Å²) in [6.45, 7) is 2.23. The molecule has 1 aromatic heterocycles. The molecule has 1 rings (SSSR count). The van der Waals surface area contributed by atoms with Gasteiger partial charge in [0, 0.05) is 10.9 Å². The monoisotopic (exact) mass is 261 g/mol. The van der Waals surface area contributed by atoms with E-state index in [1.54, 1.807) is 0 Å². The Kier molecular flexibility index (Phi) is 4.99. The zero-order valence-corrected chi connectivity index (χ0v) is 10.5. The molecule has 0 aliphatic heterocycles. The maximum atomic E-state index is 3.48. The van der Waals surface area contributed by atoms with Crippen LogP contribution in [0.2, 0.25) is 0 Å². The first-order valence-corrected chi connectivity index (χ1v) is 6.28. The molecule has 3 heteroatoms. The topological polar surface area (TPSA) is 12.0 Å². The second kappa shape index (κ2) is 5.78. The lowest BCUT2D eigenvalue weighted by atomic mass is 10.1. The predicted octanol–water partition coefficient (Wildman–Crippen LogP) is 3.44. The largest absolute Gasteiger partial charge is 0.317 e. The Labute approximate surface area is 92.7 Å². The highest BCUT2D eigenvalue weighted by Gasteiger charge is 2.04.